The Morgan fingerprint density at radius 1 is 1.21 bits per heavy atom. The monoisotopic (exact) mass is 566 g/mol. The van der Waals surface area contributed by atoms with E-state index in [4.69, 9.17) is 25.9 Å². The minimum absolute atomic E-state index is 0.0804. The molecule has 206 valence electrons. The van der Waals surface area contributed by atoms with Crippen molar-refractivity contribution in [3.63, 3.8) is 0 Å². The molecular weight excluding hydrogens is 531 g/mol. The number of carbonyl (C=O) groups excluding carboxylic acids is 1. The molecule has 0 bridgehead atoms. The number of aryl methyl sites for hydroxylation is 2. The maximum absolute atomic E-state index is 14.4. The van der Waals surface area contributed by atoms with Gasteiger partial charge in [-0.3, -0.25) is 4.79 Å². The van der Waals surface area contributed by atoms with Crippen LogP contribution in [0.2, 0.25) is 5.22 Å². The first-order valence-electron chi connectivity index (χ1n) is 13.4. The van der Waals surface area contributed by atoms with Gasteiger partial charge in [0.25, 0.3) is 0 Å². The highest BCUT2D eigenvalue weighted by atomic mass is 35.5. The second-order valence-electron chi connectivity index (χ2n) is 10.6. The van der Waals surface area contributed by atoms with Crippen LogP contribution in [0, 0.1) is 6.92 Å². The number of anilines is 1. The van der Waals surface area contributed by atoms with Gasteiger partial charge in [0.15, 0.2) is 10.8 Å². The lowest BCUT2D eigenvalue weighted by molar-refractivity contribution is -0.127. The van der Waals surface area contributed by atoms with Gasteiger partial charge >= 0.3 is 0 Å². The Kier molecular flexibility index (Phi) is 8.16. The van der Waals surface area contributed by atoms with Gasteiger partial charge in [0.05, 0.1) is 30.0 Å². The molecule has 3 aromatic rings. The Balaban J connectivity index is 1.61. The number of carbonyl (C=O) groups is 1. The summed E-state index contributed by atoms with van der Waals surface area (Å²) in [4.78, 5) is 16.6. The fourth-order valence-corrected chi connectivity index (χ4v) is 5.86. The molecule has 2 aliphatic heterocycles. The zero-order valence-corrected chi connectivity index (χ0v) is 24.8. The Bertz CT molecular complexity index is 1370. The zero-order valence-electron chi connectivity index (χ0n) is 22.9. The molecule has 2 aromatic carbocycles. The van der Waals surface area contributed by atoms with Gasteiger partial charge in [-0.1, -0.05) is 43.3 Å². The fourth-order valence-electron chi connectivity index (χ4n) is 5.51. The maximum atomic E-state index is 14.4. The Morgan fingerprint density at radius 3 is 2.62 bits per heavy atom. The van der Waals surface area contributed by atoms with Crippen molar-refractivity contribution in [2.24, 2.45) is 5.10 Å². The molecule has 4 atom stereocenters. The first kappa shape index (κ1) is 27.9. The van der Waals surface area contributed by atoms with Crippen molar-refractivity contribution in [3.8, 4) is 0 Å². The summed E-state index contributed by atoms with van der Waals surface area (Å²) in [6.07, 6.45) is 0.848. The predicted octanol–water partition coefficient (Wildman–Crippen LogP) is 4.52. The van der Waals surface area contributed by atoms with Crippen LogP contribution < -0.4 is 15.6 Å². The van der Waals surface area contributed by atoms with Crippen LogP contribution in [0.1, 0.15) is 42.2 Å². The second-order valence-corrected chi connectivity index (χ2v) is 11.6. The van der Waals surface area contributed by atoms with E-state index < -0.39 is 11.5 Å². The standard InChI is InChI=1S/C30H36ClN4O3P/c1-5-20-6-11-24(19(2)16-20)35-30(3,29(36)32-17-22-18-34(4)14-15-37-22)27(25-12-13-26(31)38-25)28(33-35)21-7-9-23(39)10-8-21/h6-13,16,22,27H,5,14-15,17-18,39H2,1-4H3,(H,32,36). The molecule has 0 radical (unpaired) electrons. The number of hydrogen-bond donors (Lipinski definition) is 1. The lowest BCUT2D eigenvalue weighted by Gasteiger charge is -2.38. The number of nitrogens with one attached hydrogen (secondary N) is 1. The van der Waals surface area contributed by atoms with Crippen molar-refractivity contribution < 1.29 is 13.9 Å². The van der Waals surface area contributed by atoms with E-state index in [0.29, 0.717) is 18.9 Å². The van der Waals surface area contributed by atoms with E-state index in [0.717, 1.165) is 47.3 Å². The number of morpholine rings is 1. The molecule has 1 fully saturated rings. The van der Waals surface area contributed by atoms with Crippen LogP contribution >= 0.6 is 20.8 Å². The van der Waals surface area contributed by atoms with E-state index in [1.54, 1.807) is 6.07 Å². The second kappa shape index (κ2) is 11.4. The summed E-state index contributed by atoms with van der Waals surface area (Å²) < 4.78 is 11.9. The number of benzene rings is 2. The minimum Gasteiger partial charge on any atom is -0.449 e. The van der Waals surface area contributed by atoms with Crippen molar-refractivity contribution in [3.05, 3.63) is 82.3 Å². The summed E-state index contributed by atoms with van der Waals surface area (Å²) in [7, 11) is 4.78. The van der Waals surface area contributed by atoms with E-state index in [2.05, 4.69) is 58.6 Å². The molecule has 3 heterocycles. The molecule has 0 spiro atoms. The smallest absolute Gasteiger partial charge is 0.249 e. The average molecular weight is 567 g/mol. The normalized spacial score (nSPS) is 23.6. The minimum atomic E-state index is -1.14. The SMILES string of the molecule is CCc1ccc(N2N=C(c3ccc(P)cc3)C(c3ccc(Cl)o3)C2(C)C(=O)NCC2CN(C)CCO2)c(C)c1. The van der Waals surface area contributed by atoms with E-state index >= 15 is 0 Å². The third-order valence-corrected chi connectivity index (χ3v) is 8.35. The Morgan fingerprint density at radius 2 is 1.97 bits per heavy atom. The summed E-state index contributed by atoms with van der Waals surface area (Å²) in [5, 5.41) is 11.6. The van der Waals surface area contributed by atoms with Crippen LogP contribution in [0.15, 0.2) is 64.1 Å². The predicted molar refractivity (Wildman–Crippen MR) is 160 cm³/mol. The molecular formula is C30H36ClN4O3P. The molecule has 0 saturated carbocycles. The van der Waals surface area contributed by atoms with Crippen LogP contribution in [-0.4, -0.2) is 61.5 Å². The third kappa shape index (κ3) is 5.51. The third-order valence-electron chi connectivity index (χ3n) is 7.76. The molecule has 1 N–H and O–H groups in total. The van der Waals surface area contributed by atoms with E-state index in [1.165, 1.54) is 5.56 Å². The van der Waals surface area contributed by atoms with Crippen LogP contribution in [0.25, 0.3) is 0 Å². The van der Waals surface area contributed by atoms with Gasteiger partial charge in [-0.25, -0.2) is 5.01 Å². The first-order valence-corrected chi connectivity index (χ1v) is 14.3. The zero-order chi connectivity index (χ0) is 27.7. The number of rotatable bonds is 7. The van der Waals surface area contributed by atoms with Crippen LogP contribution in [-0.2, 0) is 16.0 Å². The van der Waals surface area contributed by atoms with Crippen LogP contribution in [0.5, 0.6) is 0 Å². The molecule has 39 heavy (non-hydrogen) atoms. The number of ether oxygens (including phenoxy) is 1. The van der Waals surface area contributed by atoms with Gasteiger partial charge in [0.2, 0.25) is 5.91 Å². The van der Waals surface area contributed by atoms with Gasteiger partial charge in [-0.05, 0) is 79.1 Å². The molecule has 1 amide bonds. The molecule has 2 aliphatic rings. The largest absolute Gasteiger partial charge is 0.449 e. The van der Waals surface area contributed by atoms with E-state index in [9.17, 15) is 4.79 Å². The number of halogens is 1. The highest BCUT2D eigenvalue weighted by Crippen LogP contribution is 2.46. The number of likely N-dealkylation sites (N-methyl/N-ethyl adjacent to an activating group) is 1. The highest BCUT2D eigenvalue weighted by Gasteiger charge is 2.56. The van der Waals surface area contributed by atoms with Gasteiger partial charge < -0.3 is 19.4 Å². The molecule has 9 heteroatoms. The van der Waals surface area contributed by atoms with Crippen molar-refractivity contribution in [2.75, 3.05) is 38.3 Å². The lowest BCUT2D eigenvalue weighted by Crippen LogP contribution is -2.58. The Labute approximate surface area is 237 Å². The van der Waals surface area contributed by atoms with Gasteiger partial charge in [-0.2, -0.15) is 5.10 Å². The topological polar surface area (TPSA) is 70.3 Å². The Hall–Kier alpha value is -2.70. The highest BCUT2D eigenvalue weighted by molar-refractivity contribution is 7.27. The van der Waals surface area contributed by atoms with Crippen LogP contribution in [0.3, 0.4) is 0 Å². The van der Waals surface area contributed by atoms with Crippen molar-refractivity contribution in [1.82, 2.24) is 10.2 Å². The van der Waals surface area contributed by atoms with Gasteiger partial charge in [0.1, 0.15) is 5.76 Å². The quantitative estimate of drug-likeness (QED) is 0.426. The van der Waals surface area contributed by atoms with Crippen molar-refractivity contribution >= 4 is 43.5 Å². The number of nitrogens with zero attached hydrogens (tertiary/aromatic N) is 3. The number of furan rings is 1. The number of hydrogen-bond acceptors (Lipinski definition) is 6. The first-order chi connectivity index (χ1) is 18.7. The molecule has 0 aliphatic carbocycles. The van der Waals surface area contributed by atoms with Crippen molar-refractivity contribution in [1.29, 1.82) is 0 Å². The number of amides is 1. The molecule has 7 nitrogen and oxygen atoms in total. The summed E-state index contributed by atoms with van der Waals surface area (Å²) in [5.74, 6) is -0.0804. The summed E-state index contributed by atoms with van der Waals surface area (Å²) in [6, 6.07) is 18.0. The maximum Gasteiger partial charge on any atom is 0.249 e. The van der Waals surface area contributed by atoms with Crippen LogP contribution in [0.4, 0.5) is 5.69 Å². The summed E-state index contributed by atoms with van der Waals surface area (Å²) in [6.45, 7) is 8.84. The fraction of sp³-hybridized carbons (Fsp3) is 0.400. The molecule has 5 rings (SSSR count). The lowest BCUT2D eigenvalue weighted by atomic mass is 9.78. The van der Waals surface area contributed by atoms with E-state index in [-0.39, 0.29) is 17.2 Å². The van der Waals surface area contributed by atoms with Gasteiger partial charge in [-0.15, -0.1) is 9.24 Å². The molecule has 1 saturated heterocycles. The van der Waals surface area contributed by atoms with Gasteiger partial charge in [0, 0.05) is 19.6 Å². The van der Waals surface area contributed by atoms with Crippen molar-refractivity contribution in [2.45, 2.75) is 44.8 Å². The number of hydrazone groups is 1. The molecule has 4 unspecified atom stereocenters. The molecule has 1 aromatic heterocycles. The summed E-state index contributed by atoms with van der Waals surface area (Å²) >= 11 is 6.27. The van der Waals surface area contributed by atoms with E-state index in [1.807, 2.05) is 42.3 Å². The summed E-state index contributed by atoms with van der Waals surface area (Å²) in [5.41, 5.74) is 3.67. The average Bonchev–Trinajstić information content (AvgIpc) is 3.48.